The minimum absolute atomic E-state index is 0.0615. The van der Waals surface area contributed by atoms with Gasteiger partial charge in [-0.2, -0.15) is 5.10 Å². The van der Waals surface area contributed by atoms with Gasteiger partial charge >= 0.3 is 0 Å². The van der Waals surface area contributed by atoms with Crippen LogP contribution in [0, 0.1) is 0 Å². The number of hydrogen-bond donors (Lipinski definition) is 0. The Morgan fingerprint density at radius 3 is 2.68 bits per heavy atom. The fourth-order valence-electron chi connectivity index (χ4n) is 2.58. The Morgan fingerprint density at radius 2 is 2.00 bits per heavy atom. The standard InChI is InChI=1S/C16H17N5O4/c1-19-14(22)4-3-12(18-19)16(24)20-7-8-21(15(23)10-20)11-5-6-17-13(9-11)25-2/h3-6,9H,7-8,10H2,1-2H3. The van der Waals surface area contributed by atoms with E-state index in [9.17, 15) is 14.4 Å². The number of anilines is 1. The van der Waals surface area contributed by atoms with Gasteiger partial charge < -0.3 is 14.5 Å². The number of methoxy groups -OCH3 is 1. The van der Waals surface area contributed by atoms with Crippen LogP contribution < -0.4 is 15.2 Å². The molecule has 1 fully saturated rings. The number of pyridine rings is 1. The average Bonchev–Trinajstić information content (AvgIpc) is 2.63. The number of nitrogens with zero attached hydrogens (tertiary/aromatic N) is 5. The smallest absolute Gasteiger partial charge is 0.274 e. The van der Waals surface area contributed by atoms with Crippen molar-refractivity contribution in [3.63, 3.8) is 0 Å². The molecule has 1 saturated heterocycles. The SMILES string of the molecule is COc1cc(N2CCN(C(=O)c3ccc(=O)n(C)n3)CC2=O)ccn1. The topological polar surface area (TPSA) is 97.6 Å². The first kappa shape index (κ1) is 16.6. The number of ether oxygens (including phenoxy) is 1. The molecule has 3 rings (SSSR count). The first-order valence-electron chi connectivity index (χ1n) is 7.63. The normalized spacial score (nSPS) is 14.6. The summed E-state index contributed by atoms with van der Waals surface area (Å²) in [5.41, 5.74) is 0.502. The number of aromatic nitrogens is 3. The Labute approximate surface area is 143 Å². The van der Waals surface area contributed by atoms with Crippen LogP contribution >= 0.6 is 0 Å². The molecule has 9 nitrogen and oxygen atoms in total. The van der Waals surface area contributed by atoms with Crippen molar-refractivity contribution in [1.82, 2.24) is 19.7 Å². The van der Waals surface area contributed by atoms with Gasteiger partial charge in [0.25, 0.3) is 11.5 Å². The summed E-state index contributed by atoms with van der Waals surface area (Å²) in [5, 5.41) is 3.94. The molecule has 3 heterocycles. The summed E-state index contributed by atoms with van der Waals surface area (Å²) in [7, 11) is 2.98. The molecule has 0 bridgehead atoms. The van der Waals surface area contributed by atoms with Gasteiger partial charge in [0.15, 0.2) is 0 Å². The predicted octanol–water partition coefficient (Wildman–Crippen LogP) is -0.327. The summed E-state index contributed by atoms with van der Waals surface area (Å²) < 4.78 is 6.16. The Balaban J connectivity index is 1.74. The Bertz CT molecular complexity index is 879. The first-order chi connectivity index (χ1) is 12.0. The second kappa shape index (κ2) is 6.71. The van der Waals surface area contributed by atoms with Crippen LogP contribution in [0.15, 0.2) is 35.3 Å². The molecule has 1 aliphatic heterocycles. The highest BCUT2D eigenvalue weighted by atomic mass is 16.5. The van der Waals surface area contributed by atoms with E-state index in [2.05, 4.69) is 10.1 Å². The number of carbonyl (C=O) groups is 2. The maximum Gasteiger partial charge on any atom is 0.274 e. The maximum atomic E-state index is 12.5. The van der Waals surface area contributed by atoms with E-state index in [1.807, 2.05) is 0 Å². The first-order valence-corrected chi connectivity index (χ1v) is 7.63. The zero-order valence-corrected chi connectivity index (χ0v) is 13.9. The third-order valence-electron chi connectivity index (χ3n) is 3.93. The monoisotopic (exact) mass is 343 g/mol. The molecule has 0 aromatic carbocycles. The summed E-state index contributed by atoms with van der Waals surface area (Å²) in [4.78, 5) is 43.4. The van der Waals surface area contributed by atoms with Crippen LogP contribution in [0.5, 0.6) is 5.88 Å². The lowest BCUT2D eigenvalue weighted by atomic mass is 10.2. The van der Waals surface area contributed by atoms with Crippen molar-refractivity contribution in [3.05, 3.63) is 46.5 Å². The van der Waals surface area contributed by atoms with Crippen LogP contribution in [0.1, 0.15) is 10.5 Å². The molecule has 1 aliphatic rings. The van der Waals surface area contributed by atoms with E-state index in [0.29, 0.717) is 24.7 Å². The van der Waals surface area contributed by atoms with Crippen molar-refractivity contribution in [2.45, 2.75) is 0 Å². The summed E-state index contributed by atoms with van der Waals surface area (Å²) >= 11 is 0. The second-order valence-electron chi connectivity index (χ2n) is 5.51. The quantitative estimate of drug-likeness (QED) is 0.757. The van der Waals surface area contributed by atoms with E-state index in [1.165, 1.54) is 31.2 Å². The fraction of sp³-hybridized carbons (Fsp3) is 0.312. The molecule has 0 radical (unpaired) electrons. The Hall–Kier alpha value is -3.23. The molecule has 0 saturated carbocycles. The molecule has 0 aliphatic carbocycles. The number of rotatable bonds is 3. The highest BCUT2D eigenvalue weighted by Gasteiger charge is 2.29. The van der Waals surface area contributed by atoms with Gasteiger partial charge in [-0.15, -0.1) is 0 Å². The largest absolute Gasteiger partial charge is 0.481 e. The van der Waals surface area contributed by atoms with E-state index in [4.69, 9.17) is 4.74 Å². The van der Waals surface area contributed by atoms with E-state index < -0.39 is 0 Å². The summed E-state index contributed by atoms with van der Waals surface area (Å²) in [6.45, 7) is 0.650. The molecular weight excluding hydrogens is 326 g/mol. The molecule has 2 amide bonds. The van der Waals surface area contributed by atoms with Crippen LogP contribution in [0.25, 0.3) is 0 Å². The highest BCUT2D eigenvalue weighted by molar-refractivity contribution is 6.00. The Kier molecular flexibility index (Phi) is 4.46. The molecule has 0 atom stereocenters. The average molecular weight is 343 g/mol. The van der Waals surface area contributed by atoms with Crippen molar-refractivity contribution < 1.29 is 14.3 Å². The van der Waals surface area contributed by atoms with Gasteiger partial charge in [-0.1, -0.05) is 0 Å². The fourth-order valence-corrected chi connectivity index (χ4v) is 2.58. The molecule has 0 N–H and O–H groups in total. The highest BCUT2D eigenvalue weighted by Crippen LogP contribution is 2.21. The lowest BCUT2D eigenvalue weighted by Crippen LogP contribution is -2.52. The third-order valence-corrected chi connectivity index (χ3v) is 3.93. The minimum atomic E-state index is -0.379. The molecule has 9 heteroatoms. The maximum absolute atomic E-state index is 12.5. The number of hydrogen-bond acceptors (Lipinski definition) is 6. The lowest BCUT2D eigenvalue weighted by Gasteiger charge is -2.34. The minimum Gasteiger partial charge on any atom is -0.481 e. The van der Waals surface area contributed by atoms with Crippen LogP contribution in [-0.2, 0) is 11.8 Å². The van der Waals surface area contributed by atoms with Gasteiger partial charge in [-0.25, -0.2) is 9.67 Å². The third kappa shape index (κ3) is 3.35. The van der Waals surface area contributed by atoms with E-state index in [0.717, 1.165) is 4.68 Å². The van der Waals surface area contributed by atoms with Crippen molar-refractivity contribution in [2.24, 2.45) is 7.05 Å². The van der Waals surface area contributed by atoms with Gasteiger partial charge in [-0.05, 0) is 12.1 Å². The van der Waals surface area contributed by atoms with Crippen molar-refractivity contribution in [2.75, 3.05) is 31.6 Å². The molecule has 130 valence electrons. The Morgan fingerprint density at radius 1 is 1.20 bits per heavy atom. The number of aryl methyl sites for hydroxylation is 1. The van der Waals surface area contributed by atoms with Crippen molar-refractivity contribution in [1.29, 1.82) is 0 Å². The van der Waals surface area contributed by atoms with E-state index in [-0.39, 0.29) is 29.6 Å². The van der Waals surface area contributed by atoms with E-state index in [1.54, 1.807) is 23.2 Å². The van der Waals surface area contributed by atoms with Crippen LogP contribution in [-0.4, -0.2) is 58.2 Å². The van der Waals surface area contributed by atoms with Crippen LogP contribution in [0.3, 0.4) is 0 Å². The van der Waals surface area contributed by atoms with Gasteiger partial charge in [0, 0.05) is 38.5 Å². The zero-order chi connectivity index (χ0) is 18.0. The van der Waals surface area contributed by atoms with Crippen molar-refractivity contribution >= 4 is 17.5 Å². The molecule has 25 heavy (non-hydrogen) atoms. The van der Waals surface area contributed by atoms with Gasteiger partial charge in [-0.3, -0.25) is 14.4 Å². The number of amides is 2. The molecular formula is C16H17N5O4. The number of carbonyl (C=O) groups excluding carboxylic acids is 2. The molecule has 2 aromatic rings. The molecule has 2 aromatic heterocycles. The van der Waals surface area contributed by atoms with Crippen LogP contribution in [0.2, 0.25) is 0 Å². The van der Waals surface area contributed by atoms with Gasteiger partial charge in [0.1, 0.15) is 12.2 Å². The predicted molar refractivity (Wildman–Crippen MR) is 88.5 cm³/mol. The zero-order valence-electron chi connectivity index (χ0n) is 13.9. The molecule has 0 spiro atoms. The van der Waals surface area contributed by atoms with E-state index >= 15 is 0 Å². The number of piperazine rings is 1. The summed E-state index contributed by atoms with van der Waals surface area (Å²) in [6.07, 6.45) is 1.56. The lowest BCUT2D eigenvalue weighted by molar-refractivity contribution is -0.120. The molecule has 0 unspecified atom stereocenters. The van der Waals surface area contributed by atoms with Gasteiger partial charge in [0.05, 0.1) is 12.8 Å². The summed E-state index contributed by atoms with van der Waals surface area (Å²) in [5.74, 6) is -0.174. The summed E-state index contributed by atoms with van der Waals surface area (Å²) in [6, 6.07) is 6.03. The van der Waals surface area contributed by atoms with Crippen molar-refractivity contribution in [3.8, 4) is 5.88 Å². The van der Waals surface area contributed by atoms with Gasteiger partial charge in [0.2, 0.25) is 11.8 Å². The second-order valence-corrected chi connectivity index (χ2v) is 5.51. The van der Waals surface area contributed by atoms with Crippen LogP contribution in [0.4, 0.5) is 5.69 Å².